The summed E-state index contributed by atoms with van der Waals surface area (Å²) in [6, 6.07) is 6.61. The van der Waals surface area contributed by atoms with Crippen molar-refractivity contribution in [1.82, 2.24) is 4.90 Å². The second-order valence-corrected chi connectivity index (χ2v) is 4.01. The minimum atomic E-state index is -4.40. The van der Waals surface area contributed by atoms with Crippen LogP contribution in [-0.2, 0) is 4.74 Å². The average molecular weight is 275 g/mol. The molecule has 0 fully saturated rings. The summed E-state index contributed by atoms with van der Waals surface area (Å²) in [5, 5.41) is 0. The van der Waals surface area contributed by atoms with E-state index in [0.29, 0.717) is 11.3 Å². The lowest BCUT2D eigenvalue weighted by molar-refractivity contribution is -0.181. The van der Waals surface area contributed by atoms with E-state index in [9.17, 15) is 18.0 Å². The number of rotatable bonds is 3. The quantitative estimate of drug-likeness (QED) is 0.847. The minimum absolute atomic E-state index is 0.186. The SMILES string of the molecule is O=C1c2ccccc2OCCN1COCC(F)(F)F. The molecule has 1 aromatic rings. The van der Waals surface area contributed by atoms with E-state index in [0.717, 1.165) is 0 Å². The van der Waals surface area contributed by atoms with E-state index >= 15 is 0 Å². The van der Waals surface area contributed by atoms with Crippen molar-refractivity contribution < 1.29 is 27.4 Å². The zero-order valence-corrected chi connectivity index (χ0v) is 9.94. The maximum absolute atomic E-state index is 12.1. The number of nitrogens with zero attached hydrogens (tertiary/aromatic N) is 1. The third-order valence-corrected chi connectivity index (χ3v) is 2.54. The van der Waals surface area contributed by atoms with Gasteiger partial charge in [0, 0.05) is 0 Å². The van der Waals surface area contributed by atoms with E-state index in [-0.39, 0.29) is 13.2 Å². The topological polar surface area (TPSA) is 38.8 Å². The van der Waals surface area contributed by atoms with Crippen LogP contribution in [0.3, 0.4) is 0 Å². The number of halogens is 3. The molecule has 1 aliphatic heterocycles. The molecule has 2 rings (SSSR count). The van der Waals surface area contributed by atoms with Gasteiger partial charge in [-0.25, -0.2) is 0 Å². The third-order valence-electron chi connectivity index (χ3n) is 2.54. The van der Waals surface area contributed by atoms with Gasteiger partial charge >= 0.3 is 6.18 Å². The number of hydrogen-bond donors (Lipinski definition) is 0. The molecular weight excluding hydrogens is 263 g/mol. The molecule has 0 saturated carbocycles. The summed E-state index contributed by atoms with van der Waals surface area (Å²) in [5.74, 6) is 0.0427. The lowest BCUT2D eigenvalue weighted by atomic mass is 10.2. The van der Waals surface area contributed by atoms with Crippen LogP contribution in [-0.4, -0.2) is 43.5 Å². The van der Waals surface area contributed by atoms with Crippen molar-refractivity contribution in [2.45, 2.75) is 6.18 Å². The van der Waals surface area contributed by atoms with Crippen LogP contribution < -0.4 is 4.74 Å². The predicted molar refractivity (Wildman–Crippen MR) is 59.8 cm³/mol. The molecule has 1 heterocycles. The number of hydrogen-bond acceptors (Lipinski definition) is 3. The minimum Gasteiger partial charge on any atom is -0.491 e. The lowest BCUT2D eigenvalue weighted by Gasteiger charge is -2.20. The summed E-state index contributed by atoms with van der Waals surface area (Å²) in [7, 11) is 0. The first-order chi connectivity index (χ1) is 8.97. The molecule has 19 heavy (non-hydrogen) atoms. The standard InChI is InChI=1S/C12H12F3NO3/c13-12(14,15)7-18-8-16-5-6-19-10-4-2-1-3-9(10)11(16)17/h1-4H,5-8H2. The molecule has 7 heteroatoms. The average Bonchev–Trinajstić information content (AvgIpc) is 2.49. The second kappa shape index (κ2) is 5.48. The molecule has 4 nitrogen and oxygen atoms in total. The Morgan fingerprint density at radius 1 is 1.32 bits per heavy atom. The van der Waals surface area contributed by atoms with Gasteiger partial charge in [0.05, 0.1) is 12.1 Å². The summed E-state index contributed by atoms with van der Waals surface area (Å²) in [4.78, 5) is 13.3. The summed E-state index contributed by atoms with van der Waals surface area (Å²) in [6.45, 7) is -1.38. The molecule has 0 saturated heterocycles. The van der Waals surface area contributed by atoms with E-state index in [2.05, 4.69) is 4.74 Å². The molecule has 1 aromatic carbocycles. The van der Waals surface area contributed by atoms with Crippen molar-refractivity contribution in [3.8, 4) is 5.75 Å². The number of para-hydroxylation sites is 1. The van der Waals surface area contributed by atoms with E-state index < -0.39 is 25.4 Å². The molecule has 0 aliphatic carbocycles. The summed E-state index contributed by atoms with van der Waals surface area (Å²) in [6.07, 6.45) is -4.40. The number of carbonyl (C=O) groups excluding carboxylic acids is 1. The van der Waals surface area contributed by atoms with Crippen LogP contribution in [0.2, 0.25) is 0 Å². The molecule has 0 aromatic heterocycles. The maximum Gasteiger partial charge on any atom is 0.411 e. The van der Waals surface area contributed by atoms with Crippen molar-refractivity contribution in [3.63, 3.8) is 0 Å². The van der Waals surface area contributed by atoms with E-state index in [1.165, 1.54) is 4.90 Å². The van der Waals surface area contributed by atoms with Crippen molar-refractivity contribution >= 4 is 5.91 Å². The van der Waals surface area contributed by atoms with Crippen LogP contribution in [0.25, 0.3) is 0 Å². The van der Waals surface area contributed by atoms with Gasteiger partial charge in [0.1, 0.15) is 25.7 Å². The highest BCUT2D eigenvalue weighted by molar-refractivity contribution is 5.97. The number of amides is 1. The van der Waals surface area contributed by atoms with Gasteiger partial charge in [-0.1, -0.05) is 12.1 Å². The van der Waals surface area contributed by atoms with Gasteiger partial charge in [-0.3, -0.25) is 4.79 Å². The van der Waals surface area contributed by atoms with Crippen LogP contribution >= 0.6 is 0 Å². The monoisotopic (exact) mass is 275 g/mol. The maximum atomic E-state index is 12.1. The number of benzene rings is 1. The Balaban J connectivity index is 2.01. The van der Waals surface area contributed by atoms with Gasteiger partial charge in [0.15, 0.2) is 0 Å². The first kappa shape index (κ1) is 13.7. The molecular formula is C12H12F3NO3. The Labute approximate surface area is 107 Å². The fraction of sp³-hybridized carbons (Fsp3) is 0.417. The Morgan fingerprint density at radius 3 is 2.79 bits per heavy atom. The van der Waals surface area contributed by atoms with Crippen molar-refractivity contribution in [3.05, 3.63) is 29.8 Å². The van der Waals surface area contributed by atoms with Gasteiger partial charge < -0.3 is 14.4 Å². The highest BCUT2D eigenvalue weighted by atomic mass is 19.4. The van der Waals surface area contributed by atoms with E-state index in [4.69, 9.17) is 4.74 Å². The fourth-order valence-corrected chi connectivity index (χ4v) is 1.70. The lowest BCUT2D eigenvalue weighted by Crippen LogP contribution is -2.35. The first-order valence-corrected chi connectivity index (χ1v) is 5.63. The Bertz CT molecular complexity index is 462. The molecule has 0 spiro atoms. The highest BCUT2D eigenvalue weighted by Gasteiger charge is 2.29. The molecule has 0 unspecified atom stereocenters. The summed E-state index contributed by atoms with van der Waals surface area (Å²) < 4.78 is 45.8. The number of alkyl halides is 3. The van der Waals surface area contributed by atoms with Gasteiger partial charge in [0.2, 0.25) is 0 Å². The van der Waals surface area contributed by atoms with Crippen LogP contribution in [0.15, 0.2) is 24.3 Å². The van der Waals surface area contributed by atoms with Gasteiger partial charge in [-0.2, -0.15) is 13.2 Å². The van der Waals surface area contributed by atoms with Crippen molar-refractivity contribution in [2.75, 3.05) is 26.5 Å². The fourth-order valence-electron chi connectivity index (χ4n) is 1.70. The largest absolute Gasteiger partial charge is 0.491 e. The van der Waals surface area contributed by atoms with Crippen LogP contribution in [0.1, 0.15) is 10.4 Å². The molecule has 0 bridgehead atoms. The molecule has 1 amide bonds. The molecule has 0 radical (unpaired) electrons. The Hall–Kier alpha value is -1.76. The van der Waals surface area contributed by atoms with Crippen molar-refractivity contribution in [1.29, 1.82) is 0 Å². The zero-order chi connectivity index (χ0) is 13.9. The summed E-state index contributed by atoms with van der Waals surface area (Å²) in [5.41, 5.74) is 0.329. The van der Waals surface area contributed by atoms with Crippen LogP contribution in [0, 0.1) is 0 Å². The van der Waals surface area contributed by atoms with E-state index in [1.807, 2.05) is 0 Å². The second-order valence-electron chi connectivity index (χ2n) is 4.01. The highest BCUT2D eigenvalue weighted by Crippen LogP contribution is 2.22. The van der Waals surface area contributed by atoms with Crippen molar-refractivity contribution in [2.24, 2.45) is 0 Å². The number of ether oxygens (including phenoxy) is 2. The first-order valence-electron chi connectivity index (χ1n) is 5.63. The Morgan fingerprint density at radius 2 is 2.05 bits per heavy atom. The molecule has 1 aliphatic rings. The number of fused-ring (bicyclic) bond motifs is 1. The van der Waals surface area contributed by atoms with Gasteiger partial charge in [0.25, 0.3) is 5.91 Å². The molecule has 0 N–H and O–H groups in total. The normalized spacial score (nSPS) is 15.7. The third kappa shape index (κ3) is 3.60. The zero-order valence-electron chi connectivity index (χ0n) is 9.94. The van der Waals surface area contributed by atoms with Gasteiger partial charge in [-0.05, 0) is 12.1 Å². The van der Waals surface area contributed by atoms with E-state index in [1.54, 1.807) is 24.3 Å². The Kier molecular flexibility index (Phi) is 3.94. The molecule has 104 valence electrons. The molecule has 0 atom stereocenters. The predicted octanol–water partition coefficient (Wildman–Crippen LogP) is 2.06. The summed E-state index contributed by atoms with van der Waals surface area (Å²) >= 11 is 0. The number of carbonyl (C=O) groups is 1. The van der Waals surface area contributed by atoms with Crippen LogP contribution in [0.4, 0.5) is 13.2 Å². The smallest absolute Gasteiger partial charge is 0.411 e. The van der Waals surface area contributed by atoms with Crippen LogP contribution in [0.5, 0.6) is 5.75 Å². The van der Waals surface area contributed by atoms with Gasteiger partial charge in [-0.15, -0.1) is 0 Å².